The quantitative estimate of drug-likeness (QED) is 0.571. The highest BCUT2D eigenvalue weighted by atomic mass is 16.6. The minimum absolute atomic E-state index is 0.0157. The first-order valence-electron chi connectivity index (χ1n) is 6.99. The van der Waals surface area contributed by atoms with Crippen molar-refractivity contribution in [1.82, 2.24) is 9.55 Å². The SMILES string of the molecule is CC(=O)OC1COC(n2ccnc2)C(OC(C)=O)C1OC(C)=O. The molecule has 1 aromatic rings. The molecule has 1 aliphatic rings. The number of imidazole rings is 1. The van der Waals surface area contributed by atoms with Gasteiger partial charge in [0.15, 0.2) is 24.5 Å². The van der Waals surface area contributed by atoms with E-state index < -0.39 is 42.4 Å². The highest BCUT2D eigenvalue weighted by Gasteiger charge is 2.47. The lowest BCUT2D eigenvalue weighted by atomic mass is 10.0. The Labute approximate surface area is 132 Å². The van der Waals surface area contributed by atoms with Gasteiger partial charge in [-0.2, -0.15) is 0 Å². The van der Waals surface area contributed by atoms with Crippen LogP contribution in [0.1, 0.15) is 27.0 Å². The molecule has 4 atom stereocenters. The van der Waals surface area contributed by atoms with Crippen molar-refractivity contribution in [3.63, 3.8) is 0 Å². The molecule has 0 spiro atoms. The summed E-state index contributed by atoms with van der Waals surface area (Å²) in [7, 11) is 0. The molecule has 0 aromatic carbocycles. The Kier molecular flexibility index (Phi) is 5.32. The second-order valence-corrected chi connectivity index (χ2v) is 5.03. The van der Waals surface area contributed by atoms with Crippen LogP contribution < -0.4 is 0 Å². The van der Waals surface area contributed by atoms with Crippen LogP contribution in [0.25, 0.3) is 0 Å². The summed E-state index contributed by atoms with van der Waals surface area (Å²) in [6.07, 6.45) is 1.05. The van der Waals surface area contributed by atoms with Crippen LogP contribution in [0.2, 0.25) is 0 Å². The minimum Gasteiger partial charge on any atom is -0.456 e. The van der Waals surface area contributed by atoms with Crippen LogP contribution in [0.5, 0.6) is 0 Å². The number of aromatic nitrogens is 2. The van der Waals surface area contributed by atoms with Crippen molar-refractivity contribution in [3.8, 4) is 0 Å². The molecule has 2 rings (SSSR count). The van der Waals surface area contributed by atoms with Crippen LogP contribution in [-0.2, 0) is 33.3 Å². The molecule has 1 aromatic heterocycles. The first kappa shape index (κ1) is 16.9. The lowest BCUT2D eigenvalue weighted by molar-refractivity contribution is -0.239. The van der Waals surface area contributed by atoms with E-state index in [0.717, 1.165) is 0 Å². The molecule has 9 heteroatoms. The normalized spacial score (nSPS) is 27.1. The molecule has 23 heavy (non-hydrogen) atoms. The molecule has 4 unspecified atom stereocenters. The zero-order chi connectivity index (χ0) is 17.0. The smallest absolute Gasteiger partial charge is 0.303 e. The van der Waals surface area contributed by atoms with Gasteiger partial charge in [0.25, 0.3) is 0 Å². The van der Waals surface area contributed by atoms with Gasteiger partial charge >= 0.3 is 17.9 Å². The van der Waals surface area contributed by atoms with Gasteiger partial charge in [-0.25, -0.2) is 4.98 Å². The van der Waals surface area contributed by atoms with Crippen molar-refractivity contribution in [2.45, 2.75) is 45.3 Å². The van der Waals surface area contributed by atoms with Crippen LogP contribution in [-0.4, -0.2) is 52.4 Å². The Morgan fingerprint density at radius 1 is 1.04 bits per heavy atom. The first-order valence-corrected chi connectivity index (χ1v) is 6.99. The van der Waals surface area contributed by atoms with Crippen LogP contribution in [0, 0.1) is 0 Å². The number of carbonyl (C=O) groups is 3. The summed E-state index contributed by atoms with van der Waals surface area (Å²) in [5.74, 6) is -1.72. The topological polar surface area (TPSA) is 106 Å². The van der Waals surface area contributed by atoms with Crippen LogP contribution in [0.3, 0.4) is 0 Å². The molecule has 0 aliphatic carbocycles. The van der Waals surface area contributed by atoms with E-state index in [2.05, 4.69) is 4.98 Å². The van der Waals surface area contributed by atoms with E-state index in [1.54, 1.807) is 10.8 Å². The van der Waals surface area contributed by atoms with Gasteiger partial charge in [0.1, 0.15) is 0 Å². The van der Waals surface area contributed by atoms with Gasteiger partial charge in [0, 0.05) is 33.2 Å². The fraction of sp³-hybridized carbons (Fsp3) is 0.571. The average molecular weight is 326 g/mol. The van der Waals surface area contributed by atoms with E-state index in [1.807, 2.05) is 0 Å². The van der Waals surface area contributed by atoms with E-state index in [0.29, 0.717) is 0 Å². The Balaban J connectivity index is 2.31. The molecule has 1 fully saturated rings. The van der Waals surface area contributed by atoms with Crippen molar-refractivity contribution in [2.24, 2.45) is 0 Å². The lowest BCUT2D eigenvalue weighted by Gasteiger charge is -2.40. The molecule has 0 radical (unpaired) electrons. The molecule has 9 nitrogen and oxygen atoms in total. The monoisotopic (exact) mass is 326 g/mol. The molecule has 1 saturated heterocycles. The summed E-state index contributed by atoms with van der Waals surface area (Å²) in [5.41, 5.74) is 0. The van der Waals surface area contributed by atoms with Gasteiger partial charge in [-0.05, 0) is 0 Å². The molecule has 2 heterocycles. The third-order valence-corrected chi connectivity index (χ3v) is 3.14. The Morgan fingerprint density at radius 2 is 1.65 bits per heavy atom. The number of ether oxygens (including phenoxy) is 4. The molecular weight excluding hydrogens is 308 g/mol. The maximum atomic E-state index is 11.4. The van der Waals surface area contributed by atoms with Crippen molar-refractivity contribution in [1.29, 1.82) is 0 Å². The summed E-state index contributed by atoms with van der Waals surface area (Å²) < 4.78 is 22.9. The fourth-order valence-corrected chi connectivity index (χ4v) is 2.40. The number of hydrogen-bond donors (Lipinski definition) is 0. The summed E-state index contributed by atoms with van der Waals surface area (Å²) in [5, 5.41) is 0. The second-order valence-electron chi connectivity index (χ2n) is 5.03. The van der Waals surface area contributed by atoms with Crippen molar-refractivity contribution < 1.29 is 33.3 Å². The molecule has 0 saturated carbocycles. The van der Waals surface area contributed by atoms with Gasteiger partial charge in [-0.3, -0.25) is 14.4 Å². The highest BCUT2D eigenvalue weighted by Crippen LogP contribution is 2.30. The van der Waals surface area contributed by atoms with Crippen molar-refractivity contribution in [2.75, 3.05) is 6.61 Å². The van der Waals surface area contributed by atoms with Crippen molar-refractivity contribution >= 4 is 17.9 Å². The Hall–Kier alpha value is -2.42. The standard InChI is InChI=1S/C14H18N2O7/c1-8(17)21-11-6-20-14(16-5-4-15-7-16)13(23-10(3)19)12(11)22-9(2)18/h4-5,7,11-14H,6H2,1-3H3. The maximum Gasteiger partial charge on any atom is 0.303 e. The minimum atomic E-state index is -0.985. The number of esters is 3. The van der Waals surface area contributed by atoms with E-state index in [9.17, 15) is 14.4 Å². The van der Waals surface area contributed by atoms with Crippen molar-refractivity contribution in [3.05, 3.63) is 18.7 Å². The fourth-order valence-electron chi connectivity index (χ4n) is 2.40. The zero-order valence-corrected chi connectivity index (χ0v) is 13.0. The molecule has 0 amide bonds. The predicted molar refractivity (Wildman–Crippen MR) is 73.9 cm³/mol. The number of carbonyl (C=O) groups excluding carboxylic acids is 3. The number of nitrogens with zero attached hydrogens (tertiary/aromatic N) is 2. The average Bonchev–Trinajstić information content (AvgIpc) is 2.94. The third-order valence-electron chi connectivity index (χ3n) is 3.14. The van der Waals surface area contributed by atoms with Gasteiger partial charge in [0.2, 0.25) is 0 Å². The Morgan fingerprint density at radius 3 is 2.17 bits per heavy atom. The lowest BCUT2D eigenvalue weighted by Crippen LogP contribution is -2.55. The van der Waals surface area contributed by atoms with Crippen LogP contribution >= 0.6 is 0 Å². The van der Waals surface area contributed by atoms with Gasteiger partial charge in [-0.15, -0.1) is 0 Å². The van der Waals surface area contributed by atoms with E-state index in [-0.39, 0.29) is 6.61 Å². The molecular formula is C14H18N2O7. The summed E-state index contributed by atoms with van der Waals surface area (Å²) in [4.78, 5) is 38.0. The third kappa shape index (κ3) is 4.28. The van der Waals surface area contributed by atoms with Gasteiger partial charge < -0.3 is 23.5 Å². The van der Waals surface area contributed by atoms with Gasteiger partial charge in [0.05, 0.1) is 12.9 Å². The predicted octanol–water partition coefficient (Wildman–Crippen LogP) is 0.207. The first-order chi connectivity index (χ1) is 10.9. The molecule has 126 valence electrons. The number of hydrogen-bond acceptors (Lipinski definition) is 8. The maximum absolute atomic E-state index is 11.4. The van der Waals surface area contributed by atoms with E-state index in [4.69, 9.17) is 18.9 Å². The largest absolute Gasteiger partial charge is 0.456 e. The van der Waals surface area contributed by atoms with E-state index in [1.165, 1.54) is 33.3 Å². The van der Waals surface area contributed by atoms with Crippen LogP contribution in [0.4, 0.5) is 0 Å². The molecule has 0 bridgehead atoms. The van der Waals surface area contributed by atoms with Gasteiger partial charge in [-0.1, -0.05) is 0 Å². The highest BCUT2D eigenvalue weighted by molar-refractivity contribution is 5.68. The molecule has 0 N–H and O–H groups in total. The molecule has 1 aliphatic heterocycles. The number of rotatable bonds is 4. The summed E-state index contributed by atoms with van der Waals surface area (Å²) in [6, 6.07) is 0. The second kappa shape index (κ2) is 7.23. The summed E-state index contributed by atoms with van der Waals surface area (Å²) >= 11 is 0. The Bertz CT molecular complexity index is 572. The van der Waals surface area contributed by atoms with Crippen LogP contribution in [0.15, 0.2) is 18.7 Å². The summed E-state index contributed by atoms with van der Waals surface area (Å²) in [6.45, 7) is 3.66. The zero-order valence-electron chi connectivity index (χ0n) is 13.0. The van der Waals surface area contributed by atoms with E-state index >= 15 is 0 Å².